The molecule has 0 saturated heterocycles. The Morgan fingerprint density at radius 2 is 1.80 bits per heavy atom. The van der Waals surface area contributed by atoms with Crippen molar-refractivity contribution < 1.29 is 0 Å². The molecule has 0 spiro atoms. The van der Waals surface area contributed by atoms with Crippen LogP contribution in [0.5, 0.6) is 0 Å². The highest BCUT2D eigenvalue weighted by molar-refractivity contribution is 4.76. The first kappa shape index (κ1) is 13.0. The molecule has 90 valence electrons. The average molecular weight is 211 g/mol. The Balaban J connectivity index is 2.19. The number of hydrogen-bond acceptors (Lipinski definition) is 1. The second-order valence-corrected chi connectivity index (χ2v) is 5.43. The van der Waals surface area contributed by atoms with Gasteiger partial charge in [-0.25, -0.2) is 0 Å². The van der Waals surface area contributed by atoms with Crippen LogP contribution in [-0.4, -0.2) is 6.04 Å². The summed E-state index contributed by atoms with van der Waals surface area (Å²) in [6, 6.07) is 0.511. The predicted molar refractivity (Wildman–Crippen MR) is 67.9 cm³/mol. The fourth-order valence-electron chi connectivity index (χ4n) is 2.88. The molecular weight excluding hydrogens is 182 g/mol. The third-order valence-electron chi connectivity index (χ3n) is 4.10. The lowest BCUT2D eigenvalue weighted by atomic mass is 9.79. The van der Waals surface area contributed by atoms with Crippen molar-refractivity contribution in [3.8, 4) is 0 Å². The van der Waals surface area contributed by atoms with E-state index in [2.05, 4.69) is 13.8 Å². The van der Waals surface area contributed by atoms with Gasteiger partial charge in [-0.3, -0.25) is 0 Å². The van der Waals surface area contributed by atoms with Crippen molar-refractivity contribution in [2.75, 3.05) is 0 Å². The monoisotopic (exact) mass is 211 g/mol. The van der Waals surface area contributed by atoms with Crippen LogP contribution in [0.4, 0.5) is 0 Å². The zero-order chi connectivity index (χ0) is 11.1. The molecule has 0 aromatic rings. The fraction of sp³-hybridized carbons (Fsp3) is 1.00. The Labute approximate surface area is 95.8 Å². The summed E-state index contributed by atoms with van der Waals surface area (Å²) in [6.45, 7) is 4.65. The zero-order valence-electron chi connectivity index (χ0n) is 10.7. The van der Waals surface area contributed by atoms with E-state index in [9.17, 15) is 0 Å². The van der Waals surface area contributed by atoms with Crippen molar-refractivity contribution >= 4 is 0 Å². The van der Waals surface area contributed by atoms with E-state index in [1.54, 1.807) is 0 Å². The van der Waals surface area contributed by atoms with Gasteiger partial charge in [-0.05, 0) is 43.9 Å². The van der Waals surface area contributed by atoms with E-state index in [4.69, 9.17) is 5.73 Å². The number of nitrogens with two attached hydrogens (primary N) is 1. The van der Waals surface area contributed by atoms with Crippen molar-refractivity contribution in [2.24, 2.45) is 17.6 Å². The second-order valence-electron chi connectivity index (χ2n) is 5.43. The van der Waals surface area contributed by atoms with E-state index in [1.807, 2.05) is 0 Å². The normalized spacial score (nSPS) is 29.0. The highest BCUT2D eigenvalue weighted by atomic mass is 14.6. The lowest BCUT2D eigenvalue weighted by Crippen LogP contribution is -2.27. The van der Waals surface area contributed by atoms with Gasteiger partial charge in [-0.1, -0.05) is 39.5 Å². The van der Waals surface area contributed by atoms with E-state index < -0.39 is 0 Å². The molecule has 1 nitrogen and oxygen atoms in total. The molecule has 15 heavy (non-hydrogen) atoms. The van der Waals surface area contributed by atoms with Crippen LogP contribution in [0.25, 0.3) is 0 Å². The highest BCUT2D eigenvalue weighted by Crippen LogP contribution is 2.31. The molecule has 0 radical (unpaired) electrons. The molecule has 1 atom stereocenters. The van der Waals surface area contributed by atoms with E-state index in [1.165, 1.54) is 57.8 Å². The third-order valence-corrected chi connectivity index (χ3v) is 4.10. The largest absolute Gasteiger partial charge is 0.328 e. The summed E-state index contributed by atoms with van der Waals surface area (Å²) in [4.78, 5) is 0. The number of hydrogen-bond donors (Lipinski definition) is 1. The van der Waals surface area contributed by atoms with E-state index in [0.717, 1.165) is 11.8 Å². The van der Waals surface area contributed by atoms with Gasteiger partial charge in [0.05, 0.1) is 0 Å². The van der Waals surface area contributed by atoms with Gasteiger partial charge in [0.2, 0.25) is 0 Å². The van der Waals surface area contributed by atoms with Gasteiger partial charge < -0.3 is 5.73 Å². The molecule has 0 aromatic heterocycles. The maximum Gasteiger partial charge on any atom is 0.00390 e. The Kier molecular flexibility index (Phi) is 6.31. The van der Waals surface area contributed by atoms with E-state index in [0.29, 0.717) is 6.04 Å². The molecule has 1 aliphatic carbocycles. The van der Waals surface area contributed by atoms with Crippen LogP contribution in [-0.2, 0) is 0 Å². The number of rotatable bonds is 6. The van der Waals surface area contributed by atoms with Crippen molar-refractivity contribution in [2.45, 2.75) is 77.7 Å². The quantitative estimate of drug-likeness (QED) is 0.703. The van der Waals surface area contributed by atoms with Gasteiger partial charge in [0.1, 0.15) is 0 Å². The molecule has 1 heteroatoms. The van der Waals surface area contributed by atoms with Crippen LogP contribution in [0.1, 0.15) is 71.6 Å². The molecular formula is C14H29N. The van der Waals surface area contributed by atoms with Gasteiger partial charge in [-0.2, -0.15) is 0 Å². The maximum absolute atomic E-state index is 5.94. The van der Waals surface area contributed by atoms with Crippen molar-refractivity contribution in [1.82, 2.24) is 0 Å². The minimum absolute atomic E-state index is 0.511. The Hall–Kier alpha value is -0.0400. The zero-order valence-corrected chi connectivity index (χ0v) is 10.7. The van der Waals surface area contributed by atoms with Crippen LogP contribution >= 0.6 is 0 Å². The number of unbranched alkanes of at least 4 members (excludes halogenated alkanes) is 1. The maximum atomic E-state index is 5.94. The topological polar surface area (TPSA) is 26.0 Å². The van der Waals surface area contributed by atoms with Gasteiger partial charge in [0.25, 0.3) is 0 Å². The van der Waals surface area contributed by atoms with Gasteiger partial charge >= 0.3 is 0 Å². The molecule has 0 aromatic carbocycles. The molecule has 0 aliphatic heterocycles. The Morgan fingerprint density at radius 3 is 2.33 bits per heavy atom. The van der Waals surface area contributed by atoms with Crippen molar-refractivity contribution in [3.63, 3.8) is 0 Å². The molecule has 0 heterocycles. The van der Waals surface area contributed by atoms with Crippen molar-refractivity contribution in [1.29, 1.82) is 0 Å². The Bertz CT molecular complexity index is 145. The molecule has 0 amide bonds. The summed E-state index contributed by atoms with van der Waals surface area (Å²) >= 11 is 0. The molecule has 2 N–H and O–H groups in total. The molecule has 1 rings (SSSR count). The highest BCUT2D eigenvalue weighted by Gasteiger charge is 2.20. The molecule has 1 saturated carbocycles. The fourth-order valence-corrected chi connectivity index (χ4v) is 2.88. The summed E-state index contributed by atoms with van der Waals surface area (Å²) in [5.74, 6) is 1.98. The van der Waals surface area contributed by atoms with E-state index >= 15 is 0 Å². The molecule has 0 bridgehead atoms. The average Bonchev–Trinajstić information content (AvgIpc) is 2.27. The first-order valence-corrected chi connectivity index (χ1v) is 7.01. The van der Waals surface area contributed by atoms with Crippen LogP contribution in [0.2, 0.25) is 0 Å². The van der Waals surface area contributed by atoms with Gasteiger partial charge in [-0.15, -0.1) is 0 Å². The van der Waals surface area contributed by atoms with Crippen LogP contribution < -0.4 is 5.73 Å². The second kappa shape index (κ2) is 7.27. The molecule has 1 fully saturated rings. The molecule has 1 unspecified atom stereocenters. The lowest BCUT2D eigenvalue weighted by molar-refractivity contribution is 0.256. The summed E-state index contributed by atoms with van der Waals surface area (Å²) in [5.41, 5.74) is 5.94. The van der Waals surface area contributed by atoms with Crippen LogP contribution in [0.15, 0.2) is 0 Å². The SMILES string of the molecule is CCCCC(CC)CC1CCC(N)CC1. The summed E-state index contributed by atoms with van der Waals surface area (Å²) < 4.78 is 0. The van der Waals surface area contributed by atoms with E-state index in [-0.39, 0.29) is 0 Å². The standard InChI is InChI=1S/C14H29N/c1-3-5-6-12(4-2)11-13-7-9-14(15)10-8-13/h12-14H,3-11,15H2,1-2H3. The smallest absolute Gasteiger partial charge is 0.00390 e. The molecule has 1 aliphatic rings. The predicted octanol–water partition coefficient (Wildman–Crippen LogP) is 4.11. The summed E-state index contributed by atoms with van der Waals surface area (Å²) in [6.07, 6.45) is 12.4. The van der Waals surface area contributed by atoms with Crippen LogP contribution in [0.3, 0.4) is 0 Å². The third kappa shape index (κ3) is 5.01. The van der Waals surface area contributed by atoms with Gasteiger partial charge in [0, 0.05) is 6.04 Å². The first-order valence-electron chi connectivity index (χ1n) is 7.01. The minimum atomic E-state index is 0.511. The summed E-state index contributed by atoms with van der Waals surface area (Å²) in [5, 5.41) is 0. The summed E-state index contributed by atoms with van der Waals surface area (Å²) in [7, 11) is 0. The lowest BCUT2D eigenvalue weighted by Gasteiger charge is -2.29. The Morgan fingerprint density at radius 1 is 1.13 bits per heavy atom. The first-order chi connectivity index (χ1) is 7.26. The van der Waals surface area contributed by atoms with Gasteiger partial charge in [0.15, 0.2) is 0 Å². The van der Waals surface area contributed by atoms with Crippen LogP contribution in [0, 0.1) is 11.8 Å². The van der Waals surface area contributed by atoms with Crippen molar-refractivity contribution in [3.05, 3.63) is 0 Å². The minimum Gasteiger partial charge on any atom is -0.328 e.